The minimum Gasteiger partial charge on any atom is -0.479 e. The van der Waals surface area contributed by atoms with Gasteiger partial charge in [-0.05, 0) is 0 Å². The Bertz CT molecular complexity index is 267. The van der Waals surface area contributed by atoms with E-state index >= 15 is 0 Å². The lowest BCUT2D eigenvalue weighted by molar-refractivity contribution is -0.170. The smallest absolute Gasteiger partial charge is 0.417 e. The maximum atomic E-state index is 10.5. The molecular weight excluding hydrogens is 200 g/mol. The molecule has 0 amide bonds. The summed E-state index contributed by atoms with van der Waals surface area (Å²) in [6.45, 7) is -1.80. The predicted molar refractivity (Wildman–Crippen MR) is 37.2 cm³/mol. The number of hydrogen-bond acceptors (Lipinski definition) is 6. The van der Waals surface area contributed by atoms with E-state index in [1.165, 1.54) is 0 Å². The van der Waals surface area contributed by atoms with E-state index in [9.17, 15) is 19.2 Å². The summed E-state index contributed by atoms with van der Waals surface area (Å²) >= 11 is 0. The van der Waals surface area contributed by atoms with Gasteiger partial charge in [0.1, 0.15) is 0 Å². The van der Waals surface area contributed by atoms with Crippen LogP contribution in [0.5, 0.6) is 0 Å². The van der Waals surface area contributed by atoms with Gasteiger partial charge in [0, 0.05) is 0 Å². The summed E-state index contributed by atoms with van der Waals surface area (Å²) in [5.74, 6) is -5.97. The van der Waals surface area contributed by atoms with E-state index in [-0.39, 0.29) is 0 Å². The van der Waals surface area contributed by atoms with Gasteiger partial charge in [0.05, 0.1) is 0 Å². The number of carbonyl (C=O) groups excluding carboxylic acids is 2. The molecule has 0 saturated heterocycles. The Morgan fingerprint density at radius 3 is 1.93 bits per heavy atom. The number of hydrogen-bond donors (Lipinski definition) is 2. The van der Waals surface area contributed by atoms with E-state index in [1.54, 1.807) is 0 Å². The summed E-state index contributed by atoms with van der Waals surface area (Å²) < 4.78 is 7.92. The van der Waals surface area contributed by atoms with E-state index in [0.717, 1.165) is 0 Å². The molecule has 0 fully saturated rings. The van der Waals surface area contributed by atoms with Crippen molar-refractivity contribution in [3.8, 4) is 0 Å². The maximum absolute atomic E-state index is 10.5. The van der Waals surface area contributed by atoms with E-state index in [4.69, 9.17) is 10.2 Å². The minimum atomic E-state index is -1.85. The lowest BCUT2D eigenvalue weighted by Crippen LogP contribution is -2.23. The fourth-order valence-corrected chi connectivity index (χ4v) is 0.370. The number of carbonyl (C=O) groups is 4. The molecule has 0 rings (SSSR count). The molecule has 0 bridgehead atoms. The molecule has 8 nitrogen and oxygen atoms in total. The summed E-state index contributed by atoms with van der Waals surface area (Å²) in [7, 11) is 0. The van der Waals surface area contributed by atoms with Crippen molar-refractivity contribution < 1.29 is 38.9 Å². The lowest BCUT2D eigenvalue weighted by Gasteiger charge is -2.01. The number of rotatable bonds is 4. The first-order chi connectivity index (χ1) is 6.43. The number of carboxylic acids is 2. The highest BCUT2D eigenvalue weighted by molar-refractivity contribution is 6.28. The SMILES string of the molecule is O=C(O)COC(=O)COC(=O)C(=O)O. The van der Waals surface area contributed by atoms with Crippen LogP contribution in [0.25, 0.3) is 0 Å². The molecule has 0 unspecified atom stereocenters. The standard InChI is InChI=1S/C6H6O8/c7-3(8)1-13-4(9)2-14-6(12)5(10)11/h1-2H2,(H,7,8)(H,10,11). The first kappa shape index (κ1) is 11.9. The number of ether oxygens (including phenoxy) is 2. The molecule has 0 aliphatic rings. The van der Waals surface area contributed by atoms with Crippen molar-refractivity contribution in [1.82, 2.24) is 0 Å². The third kappa shape index (κ3) is 5.52. The molecule has 0 aromatic rings. The Kier molecular flexibility index (Phi) is 4.68. The van der Waals surface area contributed by atoms with Crippen molar-refractivity contribution >= 4 is 23.9 Å². The molecular formula is C6H6O8. The third-order valence-corrected chi connectivity index (χ3v) is 0.852. The minimum absolute atomic E-state index is 0.872. The van der Waals surface area contributed by atoms with Crippen molar-refractivity contribution in [2.45, 2.75) is 0 Å². The molecule has 0 spiro atoms. The van der Waals surface area contributed by atoms with Gasteiger partial charge < -0.3 is 19.7 Å². The second-order valence-corrected chi connectivity index (χ2v) is 1.94. The van der Waals surface area contributed by atoms with Crippen LogP contribution >= 0.6 is 0 Å². The molecule has 0 aliphatic carbocycles. The van der Waals surface area contributed by atoms with E-state index in [2.05, 4.69) is 9.47 Å². The van der Waals surface area contributed by atoms with Crippen LogP contribution in [0.4, 0.5) is 0 Å². The molecule has 78 valence electrons. The summed E-state index contributed by atoms with van der Waals surface area (Å²) in [5.41, 5.74) is 0. The van der Waals surface area contributed by atoms with Gasteiger partial charge >= 0.3 is 23.9 Å². The van der Waals surface area contributed by atoms with Crippen LogP contribution in [-0.4, -0.2) is 47.3 Å². The second kappa shape index (κ2) is 5.51. The van der Waals surface area contributed by atoms with Crippen molar-refractivity contribution in [2.75, 3.05) is 13.2 Å². The van der Waals surface area contributed by atoms with Crippen molar-refractivity contribution in [2.24, 2.45) is 0 Å². The maximum Gasteiger partial charge on any atom is 0.417 e. The van der Waals surface area contributed by atoms with Gasteiger partial charge in [-0.1, -0.05) is 0 Å². The second-order valence-electron chi connectivity index (χ2n) is 1.94. The molecule has 14 heavy (non-hydrogen) atoms. The predicted octanol–water partition coefficient (Wildman–Crippen LogP) is -1.76. The lowest BCUT2D eigenvalue weighted by atomic mass is 10.6. The summed E-state index contributed by atoms with van der Waals surface area (Å²) in [5, 5.41) is 16.0. The first-order valence-electron chi connectivity index (χ1n) is 3.21. The Morgan fingerprint density at radius 2 is 1.50 bits per heavy atom. The van der Waals surface area contributed by atoms with Gasteiger partial charge in [0.2, 0.25) is 0 Å². The molecule has 0 heterocycles. The number of esters is 2. The quantitative estimate of drug-likeness (QED) is 0.409. The fraction of sp³-hybridized carbons (Fsp3) is 0.333. The molecule has 0 radical (unpaired) electrons. The Labute approximate surface area is 77.0 Å². The zero-order valence-corrected chi connectivity index (χ0v) is 6.76. The third-order valence-electron chi connectivity index (χ3n) is 0.852. The van der Waals surface area contributed by atoms with Gasteiger partial charge in [-0.3, -0.25) is 0 Å². The van der Waals surface area contributed by atoms with E-state index < -0.39 is 37.1 Å². The van der Waals surface area contributed by atoms with Crippen molar-refractivity contribution in [1.29, 1.82) is 0 Å². The topological polar surface area (TPSA) is 127 Å². The summed E-state index contributed by atoms with van der Waals surface area (Å²) in [4.78, 5) is 40.5. The zero-order chi connectivity index (χ0) is 11.1. The number of aliphatic carboxylic acids is 2. The van der Waals surface area contributed by atoms with Crippen LogP contribution in [0.2, 0.25) is 0 Å². The van der Waals surface area contributed by atoms with Crippen molar-refractivity contribution in [3.63, 3.8) is 0 Å². The normalized spacial score (nSPS) is 8.86. The largest absolute Gasteiger partial charge is 0.479 e. The summed E-state index contributed by atoms with van der Waals surface area (Å²) in [6, 6.07) is 0. The summed E-state index contributed by atoms with van der Waals surface area (Å²) in [6.07, 6.45) is 0. The van der Waals surface area contributed by atoms with Gasteiger partial charge in [-0.2, -0.15) is 0 Å². The highest BCUT2D eigenvalue weighted by Gasteiger charge is 2.15. The van der Waals surface area contributed by atoms with Crippen LogP contribution in [0, 0.1) is 0 Å². The Balaban J connectivity index is 3.69. The molecule has 8 heteroatoms. The van der Waals surface area contributed by atoms with E-state index in [0.29, 0.717) is 0 Å². The molecule has 0 aromatic carbocycles. The van der Waals surface area contributed by atoms with Gasteiger partial charge in [-0.15, -0.1) is 0 Å². The average molecular weight is 206 g/mol. The van der Waals surface area contributed by atoms with Crippen molar-refractivity contribution in [3.05, 3.63) is 0 Å². The molecule has 0 saturated carbocycles. The molecule has 0 aliphatic heterocycles. The van der Waals surface area contributed by atoms with Gasteiger partial charge in [0.15, 0.2) is 13.2 Å². The highest BCUT2D eigenvalue weighted by Crippen LogP contribution is 1.83. The Hall–Kier alpha value is -2.12. The van der Waals surface area contributed by atoms with Crippen LogP contribution in [0.3, 0.4) is 0 Å². The van der Waals surface area contributed by atoms with Gasteiger partial charge in [0.25, 0.3) is 0 Å². The van der Waals surface area contributed by atoms with E-state index in [1.807, 2.05) is 0 Å². The van der Waals surface area contributed by atoms with Crippen LogP contribution in [-0.2, 0) is 28.7 Å². The number of carboxylic acid groups (broad SMARTS) is 2. The molecule has 2 N–H and O–H groups in total. The monoisotopic (exact) mass is 206 g/mol. The van der Waals surface area contributed by atoms with Crippen LogP contribution < -0.4 is 0 Å². The zero-order valence-electron chi connectivity index (χ0n) is 6.76. The molecule has 0 atom stereocenters. The van der Waals surface area contributed by atoms with Gasteiger partial charge in [-0.25, -0.2) is 19.2 Å². The fourth-order valence-electron chi connectivity index (χ4n) is 0.370. The van der Waals surface area contributed by atoms with Crippen LogP contribution in [0.1, 0.15) is 0 Å². The molecule has 0 aromatic heterocycles. The average Bonchev–Trinajstić information content (AvgIpc) is 2.10. The highest BCUT2D eigenvalue weighted by atomic mass is 16.6. The van der Waals surface area contributed by atoms with Crippen LogP contribution in [0.15, 0.2) is 0 Å². The first-order valence-corrected chi connectivity index (χ1v) is 3.21. The Morgan fingerprint density at radius 1 is 0.929 bits per heavy atom.